The van der Waals surface area contributed by atoms with E-state index in [1.54, 1.807) is 0 Å². The van der Waals surface area contributed by atoms with Gasteiger partial charge in [0.15, 0.2) is 5.65 Å². The molecule has 2 aromatic heterocycles. The molecule has 0 saturated carbocycles. The summed E-state index contributed by atoms with van der Waals surface area (Å²) in [6.45, 7) is 5.45. The van der Waals surface area contributed by atoms with Gasteiger partial charge in [0, 0.05) is 32.3 Å². The number of ether oxygens (including phenoxy) is 1. The first kappa shape index (κ1) is 15.1. The van der Waals surface area contributed by atoms with Crippen LogP contribution in [-0.4, -0.2) is 51.8 Å². The van der Waals surface area contributed by atoms with E-state index in [0.717, 1.165) is 49.5 Å². The lowest BCUT2D eigenvalue weighted by atomic mass is 10.1. The van der Waals surface area contributed by atoms with E-state index < -0.39 is 0 Å². The van der Waals surface area contributed by atoms with Crippen molar-refractivity contribution in [1.29, 1.82) is 0 Å². The summed E-state index contributed by atoms with van der Waals surface area (Å²) < 4.78 is 8.25. The lowest BCUT2D eigenvalue weighted by molar-refractivity contribution is 0.0152. The molecule has 0 amide bonds. The Balaban J connectivity index is 1.55. The molecule has 4 heterocycles. The van der Waals surface area contributed by atoms with Crippen LogP contribution in [0, 0.1) is 0 Å². The maximum atomic E-state index is 5.93. The Morgan fingerprint density at radius 1 is 1.13 bits per heavy atom. The average Bonchev–Trinajstić information content (AvgIpc) is 3.21. The molecule has 23 heavy (non-hydrogen) atoms. The molecule has 2 aliphatic heterocycles. The zero-order chi connectivity index (χ0) is 15.5. The Morgan fingerprint density at radius 3 is 2.87 bits per heavy atom. The van der Waals surface area contributed by atoms with Crippen molar-refractivity contribution < 1.29 is 4.74 Å². The summed E-state index contributed by atoms with van der Waals surface area (Å²) >= 11 is 0. The molecule has 0 aliphatic carbocycles. The Hall–Kier alpha value is -1.46. The number of nitrogens with zero attached hydrogens (tertiary/aromatic N) is 4. The molecule has 2 saturated heterocycles. The minimum Gasteiger partial charge on any atom is -0.378 e. The fourth-order valence-corrected chi connectivity index (χ4v) is 3.82. The summed E-state index contributed by atoms with van der Waals surface area (Å²) in [6.07, 6.45) is 9.42. The van der Waals surface area contributed by atoms with Crippen molar-refractivity contribution >= 4 is 11.2 Å². The van der Waals surface area contributed by atoms with Crippen LogP contribution in [0.2, 0.25) is 0 Å². The molecule has 5 heteroatoms. The second-order valence-electron chi connectivity index (χ2n) is 6.77. The van der Waals surface area contributed by atoms with Crippen molar-refractivity contribution in [3.05, 3.63) is 24.2 Å². The van der Waals surface area contributed by atoms with Crippen LogP contribution in [0.15, 0.2) is 18.3 Å². The first-order chi connectivity index (χ1) is 11.4. The molecule has 124 valence electrons. The van der Waals surface area contributed by atoms with Crippen LogP contribution >= 0.6 is 0 Å². The van der Waals surface area contributed by atoms with Gasteiger partial charge in [-0.2, -0.15) is 0 Å². The van der Waals surface area contributed by atoms with Crippen molar-refractivity contribution in [3.8, 4) is 0 Å². The summed E-state index contributed by atoms with van der Waals surface area (Å²) in [4.78, 5) is 12.0. The summed E-state index contributed by atoms with van der Waals surface area (Å²) in [5, 5.41) is 0. The number of hydrogen-bond acceptors (Lipinski definition) is 4. The number of fused-ring (bicyclic) bond motifs is 1. The number of likely N-dealkylation sites (tertiary alicyclic amines) is 1. The van der Waals surface area contributed by atoms with Crippen LogP contribution in [0.5, 0.6) is 0 Å². The third-order valence-corrected chi connectivity index (χ3v) is 5.11. The van der Waals surface area contributed by atoms with Gasteiger partial charge in [0.2, 0.25) is 0 Å². The van der Waals surface area contributed by atoms with E-state index in [9.17, 15) is 0 Å². The van der Waals surface area contributed by atoms with E-state index in [1.165, 1.54) is 38.8 Å². The van der Waals surface area contributed by atoms with Gasteiger partial charge >= 0.3 is 0 Å². The SMILES string of the molecule is c1cnc2c(c1)nc(CC1CCCCO1)n2CCN1CCCC1. The highest BCUT2D eigenvalue weighted by atomic mass is 16.5. The van der Waals surface area contributed by atoms with E-state index in [1.807, 2.05) is 12.3 Å². The van der Waals surface area contributed by atoms with Gasteiger partial charge in [-0.15, -0.1) is 0 Å². The third kappa shape index (κ3) is 3.40. The molecule has 0 spiro atoms. The fourth-order valence-electron chi connectivity index (χ4n) is 3.82. The van der Waals surface area contributed by atoms with Crippen LogP contribution in [0.25, 0.3) is 11.2 Å². The Labute approximate surface area is 137 Å². The lowest BCUT2D eigenvalue weighted by Gasteiger charge is -2.23. The predicted octanol–water partition coefficient (Wildman–Crippen LogP) is 2.64. The van der Waals surface area contributed by atoms with Crippen LogP contribution < -0.4 is 0 Å². The zero-order valence-corrected chi connectivity index (χ0v) is 13.8. The molecular formula is C18H26N4O. The Bertz CT molecular complexity index is 642. The van der Waals surface area contributed by atoms with E-state index in [4.69, 9.17) is 9.72 Å². The maximum Gasteiger partial charge on any atom is 0.160 e. The third-order valence-electron chi connectivity index (χ3n) is 5.11. The van der Waals surface area contributed by atoms with Crippen molar-refractivity contribution in [2.24, 2.45) is 0 Å². The van der Waals surface area contributed by atoms with Crippen molar-refractivity contribution in [3.63, 3.8) is 0 Å². The van der Waals surface area contributed by atoms with Crippen molar-refractivity contribution in [1.82, 2.24) is 19.4 Å². The van der Waals surface area contributed by atoms with Crippen LogP contribution in [0.4, 0.5) is 0 Å². The summed E-state index contributed by atoms with van der Waals surface area (Å²) in [5.41, 5.74) is 2.04. The highest BCUT2D eigenvalue weighted by molar-refractivity contribution is 5.71. The molecule has 5 nitrogen and oxygen atoms in total. The maximum absolute atomic E-state index is 5.93. The van der Waals surface area contributed by atoms with Gasteiger partial charge < -0.3 is 14.2 Å². The molecule has 2 aromatic rings. The molecule has 1 atom stereocenters. The Morgan fingerprint density at radius 2 is 2.04 bits per heavy atom. The van der Waals surface area contributed by atoms with Crippen molar-refractivity contribution in [2.75, 3.05) is 26.2 Å². The van der Waals surface area contributed by atoms with E-state index in [2.05, 4.69) is 20.5 Å². The van der Waals surface area contributed by atoms with Gasteiger partial charge in [-0.3, -0.25) is 0 Å². The van der Waals surface area contributed by atoms with Gasteiger partial charge in [-0.05, 0) is 57.3 Å². The summed E-state index contributed by atoms with van der Waals surface area (Å²) in [7, 11) is 0. The number of hydrogen-bond donors (Lipinski definition) is 0. The van der Waals surface area contributed by atoms with Crippen LogP contribution in [-0.2, 0) is 17.7 Å². The molecule has 0 aromatic carbocycles. The van der Waals surface area contributed by atoms with Gasteiger partial charge in [0.25, 0.3) is 0 Å². The fraction of sp³-hybridized carbons (Fsp3) is 0.667. The second-order valence-corrected chi connectivity index (χ2v) is 6.77. The first-order valence-electron chi connectivity index (χ1n) is 9.04. The number of aromatic nitrogens is 3. The molecule has 2 fully saturated rings. The number of rotatable bonds is 5. The molecule has 0 radical (unpaired) electrons. The molecule has 0 N–H and O–H groups in total. The van der Waals surface area contributed by atoms with Crippen LogP contribution in [0.3, 0.4) is 0 Å². The molecular weight excluding hydrogens is 288 g/mol. The summed E-state index contributed by atoms with van der Waals surface area (Å²) in [5.74, 6) is 1.14. The van der Waals surface area contributed by atoms with E-state index in [0.29, 0.717) is 6.10 Å². The number of imidazole rings is 1. The minimum atomic E-state index is 0.325. The topological polar surface area (TPSA) is 43.2 Å². The standard InChI is InChI=1S/C18H26N4O/c1-4-13-23-15(6-1)14-17-20-16-7-5-8-19-18(16)22(17)12-11-21-9-2-3-10-21/h5,7-8,15H,1-4,6,9-14H2. The van der Waals surface area contributed by atoms with E-state index in [-0.39, 0.29) is 0 Å². The largest absolute Gasteiger partial charge is 0.378 e. The normalized spacial score (nSPS) is 22.9. The first-order valence-corrected chi connectivity index (χ1v) is 9.04. The van der Waals surface area contributed by atoms with Crippen molar-refractivity contribution in [2.45, 2.75) is 51.2 Å². The van der Waals surface area contributed by atoms with Gasteiger partial charge in [-0.1, -0.05) is 0 Å². The highest BCUT2D eigenvalue weighted by Gasteiger charge is 2.20. The molecule has 0 bridgehead atoms. The quantitative estimate of drug-likeness (QED) is 0.851. The second kappa shape index (κ2) is 6.97. The highest BCUT2D eigenvalue weighted by Crippen LogP contribution is 2.20. The molecule has 2 aliphatic rings. The Kier molecular flexibility index (Phi) is 4.57. The predicted molar refractivity (Wildman–Crippen MR) is 90.5 cm³/mol. The lowest BCUT2D eigenvalue weighted by Crippen LogP contribution is -2.27. The molecule has 1 unspecified atom stereocenters. The van der Waals surface area contributed by atoms with Gasteiger partial charge in [-0.25, -0.2) is 9.97 Å². The summed E-state index contributed by atoms with van der Waals surface area (Å²) in [6, 6.07) is 4.04. The monoisotopic (exact) mass is 314 g/mol. The van der Waals surface area contributed by atoms with Gasteiger partial charge in [0.05, 0.1) is 6.10 Å². The van der Waals surface area contributed by atoms with E-state index >= 15 is 0 Å². The average molecular weight is 314 g/mol. The van der Waals surface area contributed by atoms with Crippen LogP contribution in [0.1, 0.15) is 37.9 Å². The van der Waals surface area contributed by atoms with Gasteiger partial charge in [0.1, 0.15) is 11.3 Å². The number of pyridine rings is 1. The molecule has 4 rings (SSSR count). The smallest absolute Gasteiger partial charge is 0.160 e. The zero-order valence-electron chi connectivity index (χ0n) is 13.8. The minimum absolute atomic E-state index is 0.325.